The highest BCUT2D eigenvalue weighted by molar-refractivity contribution is 5.87. The van der Waals surface area contributed by atoms with Gasteiger partial charge in [-0.15, -0.1) is 12.4 Å². The summed E-state index contributed by atoms with van der Waals surface area (Å²) in [5.74, 6) is 0.810. The summed E-state index contributed by atoms with van der Waals surface area (Å²) in [6.45, 7) is 0.803. The van der Waals surface area contributed by atoms with Gasteiger partial charge in [-0.1, -0.05) is 54.6 Å². The number of pyridine rings is 1. The maximum Gasteiger partial charge on any atom is 0.134 e. The second-order valence-corrected chi connectivity index (χ2v) is 9.78. The van der Waals surface area contributed by atoms with Crippen LogP contribution in [0, 0.1) is 5.92 Å². The first-order chi connectivity index (χ1) is 16.7. The fourth-order valence-corrected chi connectivity index (χ4v) is 5.48. The van der Waals surface area contributed by atoms with Gasteiger partial charge in [-0.25, -0.2) is 0 Å². The molecule has 0 bridgehead atoms. The number of nitrogens with zero attached hydrogens (tertiary/aromatic N) is 2. The molecule has 4 nitrogen and oxygen atoms in total. The Bertz CT molecular complexity index is 1230. The Morgan fingerprint density at radius 1 is 0.971 bits per heavy atom. The highest BCUT2D eigenvalue weighted by Crippen LogP contribution is 2.36. The molecular weight excluding hydrogens is 454 g/mol. The lowest BCUT2D eigenvalue weighted by atomic mass is 9.81. The number of carbonyl (C=O) groups excluding carboxylic acids is 1. The summed E-state index contributed by atoms with van der Waals surface area (Å²) in [5, 5.41) is 1.21. The number of hydrogen-bond acceptors (Lipinski definition) is 3. The molecule has 5 rings (SSSR count). The molecule has 1 saturated carbocycles. The van der Waals surface area contributed by atoms with Crippen molar-refractivity contribution in [3.63, 3.8) is 0 Å². The van der Waals surface area contributed by atoms with Crippen LogP contribution in [0.3, 0.4) is 0 Å². The number of ketones is 1. The molecular formula is C30H34ClN3O. The van der Waals surface area contributed by atoms with Crippen molar-refractivity contribution in [1.82, 2.24) is 9.55 Å². The molecule has 0 aliphatic heterocycles. The Hall–Kier alpha value is -2.95. The molecule has 0 amide bonds. The second-order valence-electron chi connectivity index (χ2n) is 9.78. The Balaban J connectivity index is 0.00000289. The van der Waals surface area contributed by atoms with E-state index in [1.54, 1.807) is 6.20 Å². The number of Topliss-reactive ketones (excluding diaryl/α,β-unsaturated/α-hetero) is 1. The van der Waals surface area contributed by atoms with Gasteiger partial charge in [-0.2, -0.15) is 0 Å². The van der Waals surface area contributed by atoms with Gasteiger partial charge in [0.1, 0.15) is 5.78 Å². The van der Waals surface area contributed by atoms with Crippen molar-refractivity contribution in [3.8, 4) is 0 Å². The van der Waals surface area contributed by atoms with Crippen LogP contribution >= 0.6 is 12.4 Å². The van der Waals surface area contributed by atoms with Crippen LogP contribution in [0.4, 0.5) is 0 Å². The fourth-order valence-electron chi connectivity index (χ4n) is 5.48. The lowest BCUT2D eigenvalue weighted by Crippen LogP contribution is -2.27. The number of fused-ring (bicyclic) bond motifs is 1. The molecule has 0 saturated heterocycles. The molecule has 1 unspecified atom stereocenters. The summed E-state index contributed by atoms with van der Waals surface area (Å²) >= 11 is 0. The van der Waals surface area contributed by atoms with Gasteiger partial charge in [0.05, 0.1) is 0 Å². The highest BCUT2D eigenvalue weighted by atomic mass is 35.5. The van der Waals surface area contributed by atoms with Crippen LogP contribution in [0.25, 0.3) is 10.9 Å². The van der Waals surface area contributed by atoms with Gasteiger partial charge in [0, 0.05) is 60.8 Å². The quantitative estimate of drug-likeness (QED) is 0.308. The minimum absolute atomic E-state index is 0. The average Bonchev–Trinajstić information content (AvgIpc) is 3.23. The summed E-state index contributed by atoms with van der Waals surface area (Å²) in [6, 6.07) is 23.5. The molecule has 0 radical (unpaired) electrons. The number of aromatic nitrogens is 2. The smallest absolute Gasteiger partial charge is 0.134 e. The van der Waals surface area contributed by atoms with E-state index in [4.69, 9.17) is 5.73 Å². The number of carbonyl (C=O) groups is 1. The van der Waals surface area contributed by atoms with Crippen molar-refractivity contribution >= 4 is 29.1 Å². The Labute approximate surface area is 214 Å². The number of rotatable bonds is 8. The predicted octanol–water partition coefficient (Wildman–Crippen LogP) is 6.51. The Morgan fingerprint density at radius 2 is 1.71 bits per heavy atom. The lowest BCUT2D eigenvalue weighted by Gasteiger charge is -2.26. The number of halogens is 1. The minimum Gasteiger partial charge on any atom is -0.343 e. The molecule has 2 aromatic carbocycles. The van der Waals surface area contributed by atoms with Crippen molar-refractivity contribution in [2.24, 2.45) is 11.7 Å². The van der Waals surface area contributed by atoms with E-state index < -0.39 is 0 Å². The molecule has 0 spiro atoms. The zero-order chi connectivity index (χ0) is 23.3. The molecule has 4 aromatic rings. The number of benzene rings is 2. The maximum atomic E-state index is 13.3. The van der Waals surface area contributed by atoms with Gasteiger partial charge >= 0.3 is 0 Å². The SMILES string of the molecule is Cl.NC1CCC(CC(=O)CC(c2cccnc2)c2cn(Cc3ccccc3)c3ccccc23)CC1. The zero-order valence-electron chi connectivity index (χ0n) is 20.1. The number of para-hydroxylation sites is 1. The third-order valence-corrected chi connectivity index (χ3v) is 7.32. The van der Waals surface area contributed by atoms with Crippen LogP contribution in [0.1, 0.15) is 61.1 Å². The summed E-state index contributed by atoms with van der Waals surface area (Å²) in [5.41, 5.74) is 10.8. The van der Waals surface area contributed by atoms with E-state index in [-0.39, 0.29) is 18.3 Å². The Kier molecular flexibility index (Phi) is 8.37. The molecule has 1 atom stereocenters. The third kappa shape index (κ3) is 6.01. The van der Waals surface area contributed by atoms with Crippen molar-refractivity contribution in [1.29, 1.82) is 0 Å². The average molecular weight is 488 g/mol. The zero-order valence-corrected chi connectivity index (χ0v) is 20.9. The van der Waals surface area contributed by atoms with Crippen molar-refractivity contribution in [2.45, 2.75) is 57.0 Å². The molecule has 2 heterocycles. The summed E-state index contributed by atoms with van der Waals surface area (Å²) < 4.78 is 2.32. The van der Waals surface area contributed by atoms with E-state index in [9.17, 15) is 4.79 Å². The van der Waals surface area contributed by atoms with Crippen molar-refractivity contribution in [2.75, 3.05) is 0 Å². The first-order valence-electron chi connectivity index (χ1n) is 12.5. The van der Waals surface area contributed by atoms with Gasteiger partial charge in [0.25, 0.3) is 0 Å². The number of hydrogen-bond donors (Lipinski definition) is 1. The monoisotopic (exact) mass is 487 g/mol. The van der Waals surface area contributed by atoms with E-state index in [2.05, 4.69) is 70.3 Å². The highest BCUT2D eigenvalue weighted by Gasteiger charge is 2.26. The summed E-state index contributed by atoms with van der Waals surface area (Å²) in [6.07, 6.45) is 11.4. The molecule has 182 valence electrons. The minimum atomic E-state index is -0.00558. The predicted molar refractivity (Wildman–Crippen MR) is 145 cm³/mol. The largest absolute Gasteiger partial charge is 0.343 e. The van der Waals surface area contributed by atoms with Gasteiger partial charge in [-0.3, -0.25) is 9.78 Å². The van der Waals surface area contributed by atoms with Crippen LogP contribution in [-0.4, -0.2) is 21.4 Å². The first-order valence-corrected chi connectivity index (χ1v) is 12.5. The van der Waals surface area contributed by atoms with Crippen LogP contribution in [-0.2, 0) is 11.3 Å². The standard InChI is InChI=1S/C30H33N3O.ClH/c31-25-14-12-22(13-15-25)17-26(34)18-28(24-9-6-16-32-19-24)29-21-33(20-23-7-2-1-3-8-23)30-11-5-4-10-27(29)30;/h1-11,16,19,21-22,25,28H,12-15,17-18,20,31H2;1H. The molecule has 5 heteroatoms. The van der Waals surface area contributed by atoms with Crippen molar-refractivity contribution < 1.29 is 4.79 Å². The molecule has 2 N–H and O–H groups in total. The van der Waals surface area contributed by atoms with Crippen LogP contribution in [0.15, 0.2) is 85.3 Å². The molecule has 1 fully saturated rings. The van der Waals surface area contributed by atoms with E-state index >= 15 is 0 Å². The van der Waals surface area contributed by atoms with Gasteiger partial charge in [-0.05, 0) is 60.4 Å². The Morgan fingerprint density at radius 3 is 2.46 bits per heavy atom. The van der Waals surface area contributed by atoms with E-state index in [1.165, 1.54) is 22.0 Å². The second kappa shape index (κ2) is 11.7. The molecule has 1 aliphatic rings. The maximum absolute atomic E-state index is 13.3. The molecule has 1 aliphatic carbocycles. The third-order valence-electron chi connectivity index (χ3n) is 7.32. The summed E-state index contributed by atoms with van der Waals surface area (Å²) in [4.78, 5) is 17.7. The number of nitrogens with two attached hydrogens (primary N) is 1. The van der Waals surface area contributed by atoms with Crippen LogP contribution in [0.5, 0.6) is 0 Å². The molecule has 35 heavy (non-hydrogen) atoms. The summed E-state index contributed by atoms with van der Waals surface area (Å²) in [7, 11) is 0. The normalized spacial score (nSPS) is 18.7. The van der Waals surface area contributed by atoms with Crippen molar-refractivity contribution in [3.05, 3.63) is 102 Å². The van der Waals surface area contributed by atoms with Crippen LogP contribution < -0.4 is 5.73 Å². The van der Waals surface area contributed by atoms with E-state index in [0.717, 1.165) is 37.8 Å². The first kappa shape index (κ1) is 25.2. The topological polar surface area (TPSA) is 60.9 Å². The fraction of sp³-hybridized carbons (Fsp3) is 0.333. The van der Waals surface area contributed by atoms with Gasteiger partial charge < -0.3 is 10.3 Å². The van der Waals surface area contributed by atoms with E-state index in [1.807, 2.05) is 18.3 Å². The van der Waals surface area contributed by atoms with Crippen LogP contribution in [0.2, 0.25) is 0 Å². The van der Waals surface area contributed by atoms with Gasteiger partial charge in [0.2, 0.25) is 0 Å². The molecule has 2 aromatic heterocycles. The lowest BCUT2D eigenvalue weighted by molar-refractivity contribution is -0.120. The van der Waals surface area contributed by atoms with E-state index in [0.29, 0.717) is 30.6 Å². The van der Waals surface area contributed by atoms with Gasteiger partial charge in [0.15, 0.2) is 0 Å².